The molecule has 1 aromatic carbocycles. The van der Waals surface area contributed by atoms with Crippen LogP contribution in [0.4, 0.5) is 0 Å². The van der Waals surface area contributed by atoms with Crippen LogP contribution < -0.4 is 5.32 Å². The standard InChI is InChI=1S/C18H21N3O4/c1-12-9-13(2)21(20-12)15-5-3-14(4-6-15)17(24)19-18(10-16(22)23)7-8-25-11-18/h3-6,9H,7-8,10-11H2,1-2H3,(H,19,24)(H,22,23). The number of amides is 1. The third kappa shape index (κ3) is 3.71. The number of aliphatic carboxylic acids is 1. The maximum Gasteiger partial charge on any atom is 0.305 e. The predicted octanol–water partition coefficient (Wildman–Crippen LogP) is 1.85. The van der Waals surface area contributed by atoms with E-state index in [4.69, 9.17) is 9.84 Å². The Morgan fingerprint density at radius 2 is 2.04 bits per heavy atom. The minimum atomic E-state index is -0.953. The Balaban J connectivity index is 1.76. The molecule has 1 atom stereocenters. The minimum absolute atomic E-state index is 0.150. The zero-order valence-electron chi connectivity index (χ0n) is 14.3. The zero-order chi connectivity index (χ0) is 18.0. The van der Waals surface area contributed by atoms with Gasteiger partial charge in [0.15, 0.2) is 0 Å². The molecule has 2 heterocycles. The van der Waals surface area contributed by atoms with E-state index < -0.39 is 11.5 Å². The van der Waals surface area contributed by atoms with Gasteiger partial charge in [-0.2, -0.15) is 5.10 Å². The molecule has 0 saturated carbocycles. The van der Waals surface area contributed by atoms with Crippen molar-refractivity contribution in [2.24, 2.45) is 0 Å². The SMILES string of the molecule is Cc1cc(C)n(-c2ccc(C(=O)NC3(CC(=O)O)CCOC3)cc2)n1. The fourth-order valence-electron chi connectivity index (χ4n) is 3.14. The van der Waals surface area contributed by atoms with Crippen LogP contribution in [0, 0.1) is 13.8 Å². The van der Waals surface area contributed by atoms with Crippen LogP contribution in [0.2, 0.25) is 0 Å². The summed E-state index contributed by atoms with van der Waals surface area (Å²) in [5.74, 6) is -1.25. The third-order valence-electron chi connectivity index (χ3n) is 4.36. The van der Waals surface area contributed by atoms with Gasteiger partial charge >= 0.3 is 5.97 Å². The van der Waals surface area contributed by atoms with Gasteiger partial charge in [0.1, 0.15) is 0 Å². The molecule has 1 aliphatic heterocycles. The Kier molecular flexibility index (Phi) is 4.59. The summed E-state index contributed by atoms with van der Waals surface area (Å²) in [7, 11) is 0. The van der Waals surface area contributed by atoms with E-state index in [1.807, 2.05) is 36.7 Å². The summed E-state index contributed by atoms with van der Waals surface area (Å²) >= 11 is 0. The Bertz CT molecular complexity index is 789. The van der Waals surface area contributed by atoms with E-state index >= 15 is 0 Å². The number of carbonyl (C=O) groups excluding carboxylic acids is 1. The normalized spacial score (nSPS) is 19.8. The summed E-state index contributed by atoms with van der Waals surface area (Å²) < 4.78 is 7.11. The molecule has 132 valence electrons. The first kappa shape index (κ1) is 17.2. The van der Waals surface area contributed by atoms with E-state index in [2.05, 4.69) is 10.4 Å². The van der Waals surface area contributed by atoms with E-state index in [1.54, 1.807) is 12.1 Å². The molecule has 2 N–H and O–H groups in total. The third-order valence-corrected chi connectivity index (χ3v) is 4.36. The van der Waals surface area contributed by atoms with Gasteiger partial charge in [-0.1, -0.05) is 0 Å². The number of carbonyl (C=O) groups is 2. The lowest BCUT2D eigenvalue weighted by molar-refractivity contribution is -0.138. The number of benzene rings is 1. The lowest BCUT2D eigenvalue weighted by Gasteiger charge is -2.27. The summed E-state index contributed by atoms with van der Waals surface area (Å²) in [6.45, 7) is 4.56. The number of aromatic nitrogens is 2. The largest absolute Gasteiger partial charge is 0.481 e. The van der Waals surface area contributed by atoms with Gasteiger partial charge in [0.05, 0.1) is 29.9 Å². The molecular formula is C18H21N3O4. The van der Waals surface area contributed by atoms with Gasteiger partial charge in [-0.25, -0.2) is 4.68 Å². The lowest BCUT2D eigenvalue weighted by atomic mass is 9.93. The number of hydrogen-bond acceptors (Lipinski definition) is 4. The highest BCUT2D eigenvalue weighted by molar-refractivity contribution is 5.95. The summed E-state index contributed by atoms with van der Waals surface area (Å²) in [5.41, 5.74) is 2.44. The van der Waals surface area contributed by atoms with Crippen molar-refractivity contribution in [2.75, 3.05) is 13.2 Å². The second kappa shape index (κ2) is 6.68. The summed E-state index contributed by atoms with van der Waals surface area (Å²) in [6, 6.07) is 9.06. The van der Waals surface area contributed by atoms with Crippen LogP contribution in [0.15, 0.2) is 30.3 Å². The van der Waals surface area contributed by atoms with Gasteiger partial charge in [0, 0.05) is 17.9 Å². The quantitative estimate of drug-likeness (QED) is 0.864. The average molecular weight is 343 g/mol. The van der Waals surface area contributed by atoms with Crippen molar-refractivity contribution in [3.05, 3.63) is 47.3 Å². The molecule has 25 heavy (non-hydrogen) atoms. The fourth-order valence-corrected chi connectivity index (χ4v) is 3.14. The first-order valence-corrected chi connectivity index (χ1v) is 8.14. The first-order valence-electron chi connectivity index (χ1n) is 8.14. The fraction of sp³-hybridized carbons (Fsp3) is 0.389. The maximum atomic E-state index is 12.5. The predicted molar refractivity (Wildman–Crippen MR) is 90.9 cm³/mol. The smallest absolute Gasteiger partial charge is 0.305 e. The van der Waals surface area contributed by atoms with Crippen LogP contribution in [0.5, 0.6) is 0 Å². The molecule has 7 nitrogen and oxygen atoms in total. The molecule has 1 unspecified atom stereocenters. The number of ether oxygens (including phenoxy) is 1. The molecule has 2 aromatic rings. The zero-order valence-corrected chi connectivity index (χ0v) is 14.3. The molecule has 3 rings (SSSR count). The van der Waals surface area contributed by atoms with Gasteiger partial charge in [-0.05, 0) is 50.6 Å². The number of nitrogens with zero attached hydrogens (tertiary/aromatic N) is 2. The molecule has 0 spiro atoms. The van der Waals surface area contributed by atoms with Crippen LogP contribution in [-0.4, -0.2) is 45.5 Å². The van der Waals surface area contributed by atoms with Gasteiger partial charge in [-0.15, -0.1) is 0 Å². The summed E-state index contributed by atoms with van der Waals surface area (Å²) in [6.07, 6.45) is 0.345. The van der Waals surface area contributed by atoms with Crippen molar-refractivity contribution < 1.29 is 19.4 Å². The van der Waals surface area contributed by atoms with Crippen LogP contribution in [-0.2, 0) is 9.53 Å². The van der Waals surface area contributed by atoms with E-state index in [0.717, 1.165) is 17.1 Å². The number of carboxylic acids is 1. The molecule has 0 radical (unpaired) electrons. The number of hydrogen-bond donors (Lipinski definition) is 2. The topological polar surface area (TPSA) is 93.5 Å². The second-order valence-electron chi connectivity index (χ2n) is 6.49. The lowest BCUT2D eigenvalue weighted by Crippen LogP contribution is -2.50. The highest BCUT2D eigenvalue weighted by Crippen LogP contribution is 2.23. The van der Waals surface area contributed by atoms with Crippen molar-refractivity contribution in [3.63, 3.8) is 0 Å². The Morgan fingerprint density at radius 1 is 1.32 bits per heavy atom. The molecule has 0 aliphatic carbocycles. The van der Waals surface area contributed by atoms with Gasteiger partial charge < -0.3 is 15.2 Å². The summed E-state index contributed by atoms with van der Waals surface area (Å²) in [4.78, 5) is 23.6. The summed E-state index contributed by atoms with van der Waals surface area (Å²) in [5, 5.41) is 16.4. The average Bonchev–Trinajstić information content (AvgIpc) is 3.13. The molecule has 1 saturated heterocycles. The molecule has 1 aliphatic rings. The number of aryl methyl sites for hydroxylation is 2. The van der Waals surface area contributed by atoms with Crippen molar-refractivity contribution in [1.82, 2.24) is 15.1 Å². The van der Waals surface area contributed by atoms with Crippen LogP contribution in [0.25, 0.3) is 5.69 Å². The highest BCUT2D eigenvalue weighted by Gasteiger charge is 2.38. The second-order valence-corrected chi connectivity index (χ2v) is 6.49. The number of nitrogens with one attached hydrogen (secondary N) is 1. The number of rotatable bonds is 5. The molecule has 7 heteroatoms. The van der Waals surface area contributed by atoms with Crippen LogP contribution in [0.1, 0.15) is 34.6 Å². The maximum absolute atomic E-state index is 12.5. The molecule has 1 amide bonds. The Labute approximate surface area is 145 Å². The van der Waals surface area contributed by atoms with Crippen molar-refractivity contribution in [1.29, 1.82) is 0 Å². The highest BCUT2D eigenvalue weighted by atomic mass is 16.5. The Hall–Kier alpha value is -2.67. The van der Waals surface area contributed by atoms with Crippen molar-refractivity contribution in [2.45, 2.75) is 32.2 Å². The molecule has 1 fully saturated rings. The van der Waals surface area contributed by atoms with Crippen LogP contribution >= 0.6 is 0 Å². The Morgan fingerprint density at radius 3 is 2.56 bits per heavy atom. The van der Waals surface area contributed by atoms with Gasteiger partial charge in [0.2, 0.25) is 0 Å². The van der Waals surface area contributed by atoms with E-state index in [0.29, 0.717) is 18.6 Å². The molecule has 1 aromatic heterocycles. The van der Waals surface area contributed by atoms with Crippen LogP contribution in [0.3, 0.4) is 0 Å². The van der Waals surface area contributed by atoms with Crippen molar-refractivity contribution >= 4 is 11.9 Å². The molecule has 0 bridgehead atoms. The minimum Gasteiger partial charge on any atom is -0.481 e. The number of carboxylic acid groups (broad SMARTS) is 1. The van der Waals surface area contributed by atoms with E-state index in [1.165, 1.54) is 0 Å². The monoisotopic (exact) mass is 343 g/mol. The van der Waals surface area contributed by atoms with E-state index in [9.17, 15) is 9.59 Å². The van der Waals surface area contributed by atoms with Crippen molar-refractivity contribution in [3.8, 4) is 5.69 Å². The molecular weight excluding hydrogens is 322 g/mol. The van der Waals surface area contributed by atoms with Gasteiger partial charge in [0.25, 0.3) is 5.91 Å². The first-order chi connectivity index (χ1) is 11.9. The van der Waals surface area contributed by atoms with E-state index in [-0.39, 0.29) is 18.9 Å². The van der Waals surface area contributed by atoms with Gasteiger partial charge in [-0.3, -0.25) is 9.59 Å².